The van der Waals surface area contributed by atoms with Crippen molar-refractivity contribution in [3.63, 3.8) is 0 Å². The maximum atomic E-state index is 13.1. The lowest BCUT2D eigenvalue weighted by Crippen LogP contribution is -2.61. The maximum absolute atomic E-state index is 13.1. The van der Waals surface area contributed by atoms with Crippen molar-refractivity contribution in [2.75, 3.05) is 7.11 Å². The van der Waals surface area contributed by atoms with Gasteiger partial charge in [0, 0.05) is 31.1 Å². The van der Waals surface area contributed by atoms with Crippen molar-refractivity contribution in [2.45, 2.75) is 177 Å². The molecule has 0 aromatic rings. The molecule has 3 aliphatic heterocycles. The van der Waals surface area contributed by atoms with E-state index in [1.165, 1.54) is 0 Å². The quantitative estimate of drug-likeness (QED) is 0.171. The van der Waals surface area contributed by atoms with Gasteiger partial charge in [0.15, 0.2) is 6.29 Å². The highest BCUT2D eigenvalue weighted by Gasteiger charge is 2.48. The van der Waals surface area contributed by atoms with Gasteiger partial charge in [-0.15, -0.1) is 0 Å². The molecule has 12 N–H and O–H groups in total. The molecule has 20 atom stereocenters. The van der Waals surface area contributed by atoms with Crippen molar-refractivity contribution in [2.24, 2.45) is 23.5 Å². The summed E-state index contributed by atoms with van der Waals surface area (Å²) in [5, 5.41) is 108. The molecule has 18 nitrogen and oxygen atoms in total. The van der Waals surface area contributed by atoms with Crippen LogP contribution in [0.5, 0.6) is 0 Å². The first-order valence-corrected chi connectivity index (χ1v) is 22.7. The lowest BCUT2D eigenvalue weighted by molar-refractivity contribution is -0.280. The van der Waals surface area contributed by atoms with Gasteiger partial charge in [0.25, 0.3) is 0 Å². The van der Waals surface area contributed by atoms with Crippen LogP contribution in [0.2, 0.25) is 0 Å². The number of methoxy groups -OCH3 is 1. The Morgan fingerprint density at radius 1 is 0.591 bits per heavy atom. The number of esters is 2. The molecule has 66 heavy (non-hydrogen) atoms. The van der Waals surface area contributed by atoms with Crippen LogP contribution in [0.15, 0.2) is 85.1 Å². The molecule has 3 heterocycles. The molecular weight excluding hydrogens is 863 g/mol. The fourth-order valence-electron chi connectivity index (χ4n) is 7.98. The highest BCUT2D eigenvalue weighted by atomic mass is 16.7. The molecule has 0 saturated carbocycles. The number of allylic oxidation sites excluding steroid dienone is 12. The van der Waals surface area contributed by atoms with Gasteiger partial charge in [0.2, 0.25) is 0 Å². The summed E-state index contributed by atoms with van der Waals surface area (Å²) < 4.78 is 28.5. The Bertz CT molecular complexity index is 1670. The van der Waals surface area contributed by atoms with Crippen LogP contribution in [-0.2, 0) is 33.3 Å². The van der Waals surface area contributed by atoms with E-state index in [4.69, 9.17) is 29.4 Å². The number of carbonyl (C=O) groups excluding carboxylic acids is 2. The lowest BCUT2D eigenvalue weighted by atomic mass is 9.83. The smallest absolute Gasteiger partial charge is 0.313 e. The van der Waals surface area contributed by atoms with Gasteiger partial charge < -0.3 is 80.5 Å². The highest BCUT2D eigenvalue weighted by Crippen LogP contribution is 2.34. The molecule has 3 rings (SSSR count). The molecule has 374 valence electrons. The molecule has 0 radical (unpaired) electrons. The van der Waals surface area contributed by atoms with E-state index in [9.17, 15) is 60.7 Å². The molecule has 0 spiro atoms. The molecule has 0 aliphatic carbocycles. The minimum absolute atomic E-state index is 0.108. The summed E-state index contributed by atoms with van der Waals surface area (Å²) in [6.07, 6.45) is 2.25. The van der Waals surface area contributed by atoms with E-state index >= 15 is 0 Å². The monoisotopic (exact) mass is 938 g/mol. The summed E-state index contributed by atoms with van der Waals surface area (Å²) in [5.41, 5.74) is 6.05. The van der Waals surface area contributed by atoms with E-state index in [-0.39, 0.29) is 38.0 Å². The molecule has 2 bridgehead atoms. The first-order chi connectivity index (χ1) is 31.2. The third kappa shape index (κ3) is 18.2. The van der Waals surface area contributed by atoms with Crippen molar-refractivity contribution in [1.82, 2.24) is 0 Å². The first kappa shape index (κ1) is 56.9. The Morgan fingerprint density at radius 2 is 1.17 bits per heavy atom. The van der Waals surface area contributed by atoms with Crippen LogP contribution in [-0.4, -0.2) is 174 Å². The predicted octanol–water partition coefficient (Wildman–Crippen LogP) is 0.451. The second kappa shape index (κ2) is 28.8. The van der Waals surface area contributed by atoms with Crippen LogP contribution >= 0.6 is 0 Å². The number of carbonyl (C=O) groups is 2. The number of aliphatic hydroxyl groups excluding tert-OH is 10. The van der Waals surface area contributed by atoms with Crippen LogP contribution in [0.4, 0.5) is 0 Å². The van der Waals surface area contributed by atoms with E-state index < -0.39 is 141 Å². The van der Waals surface area contributed by atoms with E-state index in [1.807, 2.05) is 37.3 Å². The van der Waals surface area contributed by atoms with Gasteiger partial charge in [-0.2, -0.15) is 0 Å². The van der Waals surface area contributed by atoms with Gasteiger partial charge in [-0.25, -0.2) is 0 Å². The summed E-state index contributed by atoms with van der Waals surface area (Å²) in [6, 6.07) is -1.12. The van der Waals surface area contributed by atoms with Crippen molar-refractivity contribution in [3.05, 3.63) is 85.1 Å². The van der Waals surface area contributed by atoms with Gasteiger partial charge in [-0.3, -0.25) is 9.59 Å². The Kier molecular flexibility index (Phi) is 24.8. The van der Waals surface area contributed by atoms with Crippen molar-refractivity contribution in [1.29, 1.82) is 0 Å². The van der Waals surface area contributed by atoms with Crippen LogP contribution in [0.1, 0.15) is 72.6 Å². The van der Waals surface area contributed by atoms with Crippen LogP contribution in [0.25, 0.3) is 0 Å². The lowest BCUT2D eigenvalue weighted by Gasteiger charge is -2.43. The molecule has 2 saturated heterocycles. The number of ether oxygens (including phenoxy) is 5. The van der Waals surface area contributed by atoms with E-state index in [2.05, 4.69) is 0 Å². The molecule has 2 fully saturated rings. The minimum atomic E-state index is -1.75. The summed E-state index contributed by atoms with van der Waals surface area (Å²) in [4.78, 5) is 25.7. The third-order valence-electron chi connectivity index (χ3n) is 12.3. The first-order valence-electron chi connectivity index (χ1n) is 22.7. The fraction of sp³-hybridized carbons (Fsp3) is 0.667. The topological polar surface area (TPSA) is 309 Å². The van der Waals surface area contributed by atoms with Crippen LogP contribution in [0, 0.1) is 17.8 Å². The Morgan fingerprint density at radius 3 is 1.76 bits per heavy atom. The molecule has 0 aromatic heterocycles. The maximum Gasteiger partial charge on any atom is 0.313 e. The molecule has 18 heteroatoms. The van der Waals surface area contributed by atoms with Crippen LogP contribution in [0.3, 0.4) is 0 Å². The van der Waals surface area contributed by atoms with Crippen LogP contribution < -0.4 is 5.73 Å². The number of hydrogen-bond donors (Lipinski definition) is 11. The summed E-state index contributed by atoms with van der Waals surface area (Å²) in [6.45, 7) is 6.78. The van der Waals surface area contributed by atoms with E-state index in [0.717, 1.165) is 7.11 Å². The summed E-state index contributed by atoms with van der Waals surface area (Å²) in [7, 11) is 1.13. The number of aliphatic hydroxyl groups is 10. The van der Waals surface area contributed by atoms with Gasteiger partial charge in [-0.05, 0) is 33.1 Å². The highest BCUT2D eigenvalue weighted by molar-refractivity contribution is 5.74. The van der Waals surface area contributed by atoms with Gasteiger partial charge in [0.05, 0.1) is 92.8 Å². The zero-order chi connectivity index (χ0) is 49.1. The van der Waals surface area contributed by atoms with Gasteiger partial charge in [0.1, 0.15) is 24.2 Å². The molecule has 0 amide bonds. The number of cyclic esters (lactones) is 1. The largest absolute Gasteiger partial charge is 0.469 e. The zero-order valence-corrected chi connectivity index (χ0v) is 38.5. The van der Waals surface area contributed by atoms with Gasteiger partial charge >= 0.3 is 11.9 Å². The fourth-order valence-corrected chi connectivity index (χ4v) is 7.98. The number of fused-ring (bicyclic) bond motifs is 2. The number of nitrogens with two attached hydrogens (primary N) is 1. The second-order valence-electron chi connectivity index (χ2n) is 17.6. The number of rotatable bonds is 3. The van der Waals surface area contributed by atoms with E-state index in [1.54, 1.807) is 75.5 Å². The SMILES string of the molecule is COC(=O)[C@H]1[C@@H]2C[C@@H](O[C@@H]3O[C@H](C)[C@@H](O)[C@H](N)[C@@H]3O)/C=C/C=C/C=C/C=C/C=C/C=C/C=C/[C@H](C)[C@@H](O)[C@@H](C)[C@H](C)OC(=O)C[C@H](O)C[C@H](O)CC[C@@H](O)[C@H](O)C[C@H](O)[C@@H](O)C(C[C@@H]1O)O2. The zero-order valence-electron chi connectivity index (χ0n) is 38.5. The normalized spacial score (nSPS) is 44.9. The Balaban J connectivity index is 1.88. The molecule has 3 aliphatic rings. The molecule has 1 unspecified atom stereocenters. The predicted molar refractivity (Wildman–Crippen MR) is 242 cm³/mol. The van der Waals surface area contributed by atoms with Crippen molar-refractivity contribution < 1.29 is 84.3 Å². The van der Waals surface area contributed by atoms with Crippen molar-refractivity contribution in [3.8, 4) is 0 Å². The molecule has 0 aromatic carbocycles. The Hall–Kier alpha value is -3.44. The number of hydrogen-bond acceptors (Lipinski definition) is 18. The molecular formula is C48H75NO17. The van der Waals surface area contributed by atoms with Gasteiger partial charge in [-0.1, -0.05) is 98.9 Å². The Labute approximate surface area is 387 Å². The van der Waals surface area contributed by atoms with E-state index in [0.29, 0.717) is 0 Å². The summed E-state index contributed by atoms with van der Waals surface area (Å²) in [5.74, 6) is -3.58. The summed E-state index contributed by atoms with van der Waals surface area (Å²) >= 11 is 0. The second-order valence-corrected chi connectivity index (χ2v) is 17.6. The van der Waals surface area contributed by atoms with Crippen molar-refractivity contribution >= 4 is 11.9 Å². The average molecular weight is 938 g/mol. The third-order valence-corrected chi connectivity index (χ3v) is 12.3. The minimum Gasteiger partial charge on any atom is -0.469 e. The standard InChI is InChI=1S/C48H75NO17/c1-27-18-16-14-12-10-8-6-7-9-11-13-15-17-19-33(65-48-46(60)42(49)44(58)30(4)64-48)24-38-41(47(61)62-5)36(54)26-39(66-38)45(59)37(55)25-35(53)34(52)21-20-31(50)22-32(51)23-40(56)63-29(3)28(2)43(27)57/h6-19,27-39,41-46,48,50-55,57-60H,20-26,49H2,1-5H3/b7-6+,10-8+,11-9+,14-12+,15-13+,18-16+,19-17+/t27-,28-,29-,30+,31+,32+,33-,34+,35+,36-,37-,38-,39?,41+,42-,43+,44+,45+,46-,48-/m0/s1. The average Bonchev–Trinajstić information content (AvgIpc) is 3.27.